The zero-order chi connectivity index (χ0) is 14.1. The van der Waals surface area contributed by atoms with Gasteiger partial charge in [-0.25, -0.2) is 0 Å². The number of carbonyl (C=O) groups is 1. The van der Waals surface area contributed by atoms with Crippen molar-refractivity contribution in [2.75, 3.05) is 13.1 Å². The third kappa shape index (κ3) is 5.03. The molecule has 3 heteroatoms. The minimum absolute atomic E-state index is 0.0275. The predicted octanol–water partition coefficient (Wildman–Crippen LogP) is 2.80. The van der Waals surface area contributed by atoms with Gasteiger partial charge in [-0.1, -0.05) is 50.6 Å². The van der Waals surface area contributed by atoms with Gasteiger partial charge < -0.3 is 10.6 Å². The molecule has 1 atom stereocenters. The van der Waals surface area contributed by atoms with Gasteiger partial charge in [-0.3, -0.25) is 4.79 Å². The van der Waals surface area contributed by atoms with Gasteiger partial charge in [0, 0.05) is 19.6 Å². The number of nitrogens with zero attached hydrogens (tertiary/aromatic N) is 1. The van der Waals surface area contributed by atoms with Crippen LogP contribution in [0.25, 0.3) is 0 Å². The summed E-state index contributed by atoms with van der Waals surface area (Å²) < 4.78 is 0. The minimum atomic E-state index is -0.0275. The van der Waals surface area contributed by atoms with E-state index in [1.165, 1.54) is 5.56 Å². The first kappa shape index (κ1) is 15.7. The topological polar surface area (TPSA) is 46.3 Å². The van der Waals surface area contributed by atoms with E-state index in [9.17, 15) is 4.79 Å². The molecule has 0 aromatic heterocycles. The maximum Gasteiger partial charge on any atom is 0.227 e. The number of hydrogen-bond donors (Lipinski definition) is 1. The molecule has 1 rings (SSSR count). The van der Waals surface area contributed by atoms with Crippen molar-refractivity contribution in [1.29, 1.82) is 0 Å². The molecule has 1 unspecified atom stereocenters. The van der Waals surface area contributed by atoms with Crippen molar-refractivity contribution in [3.8, 4) is 0 Å². The van der Waals surface area contributed by atoms with Crippen LogP contribution in [0.5, 0.6) is 0 Å². The maximum atomic E-state index is 12.5. The Labute approximate surface area is 116 Å². The van der Waals surface area contributed by atoms with Crippen LogP contribution < -0.4 is 5.73 Å². The molecule has 19 heavy (non-hydrogen) atoms. The van der Waals surface area contributed by atoms with Gasteiger partial charge in [0.25, 0.3) is 0 Å². The van der Waals surface area contributed by atoms with Crippen molar-refractivity contribution in [2.45, 2.75) is 39.7 Å². The van der Waals surface area contributed by atoms with Gasteiger partial charge in [-0.05, 0) is 18.4 Å². The largest absolute Gasteiger partial charge is 0.338 e. The quantitative estimate of drug-likeness (QED) is 0.783. The van der Waals surface area contributed by atoms with Crippen LogP contribution in [0.15, 0.2) is 30.3 Å². The fourth-order valence-electron chi connectivity index (χ4n) is 2.29. The van der Waals surface area contributed by atoms with Crippen LogP contribution in [0.2, 0.25) is 0 Å². The normalized spacial score (nSPS) is 12.2. The van der Waals surface area contributed by atoms with Crippen LogP contribution in [-0.2, 0) is 11.3 Å². The molecule has 0 fully saturated rings. The summed E-state index contributed by atoms with van der Waals surface area (Å²) >= 11 is 0. The van der Waals surface area contributed by atoms with Crippen molar-refractivity contribution in [1.82, 2.24) is 4.90 Å². The van der Waals surface area contributed by atoms with E-state index in [0.717, 1.165) is 25.8 Å². The van der Waals surface area contributed by atoms with Crippen molar-refractivity contribution in [2.24, 2.45) is 11.7 Å². The minimum Gasteiger partial charge on any atom is -0.338 e. The summed E-state index contributed by atoms with van der Waals surface area (Å²) in [4.78, 5) is 14.5. The molecule has 2 N–H and O–H groups in total. The SMILES string of the molecule is CCCC(CN)C(=O)N(CCC)Cc1ccccc1. The first-order valence-corrected chi connectivity index (χ1v) is 7.25. The number of benzene rings is 1. The van der Waals surface area contributed by atoms with Gasteiger partial charge in [0.2, 0.25) is 5.91 Å². The molecule has 0 saturated heterocycles. The highest BCUT2D eigenvalue weighted by molar-refractivity contribution is 5.79. The molecule has 0 aliphatic heterocycles. The maximum absolute atomic E-state index is 12.5. The monoisotopic (exact) mass is 262 g/mol. The van der Waals surface area contributed by atoms with E-state index in [0.29, 0.717) is 13.1 Å². The third-order valence-corrected chi connectivity index (χ3v) is 3.29. The molecular formula is C16H26N2O. The van der Waals surface area contributed by atoms with Crippen LogP contribution in [-0.4, -0.2) is 23.9 Å². The third-order valence-electron chi connectivity index (χ3n) is 3.29. The molecule has 0 spiro atoms. The van der Waals surface area contributed by atoms with E-state index in [1.54, 1.807) is 0 Å². The zero-order valence-corrected chi connectivity index (χ0v) is 12.1. The smallest absolute Gasteiger partial charge is 0.227 e. The molecule has 0 bridgehead atoms. The second-order valence-corrected chi connectivity index (χ2v) is 4.97. The van der Waals surface area contributed by atoms with Crippen molar-refractivity contribution < 1.29 is 4.79 Å². The molecule has 0 radical (unpaired) electrons. The Hall–Kier alpha value is -1.35. The van der Waals surface area contributed by atoms with Gasteiger partial charge >= 0.3 is 0 Å². The lowest BCUT2D eigenvalue weighted by atomic mass is 10.0. The standard InChI is InChI=1S/C16H26N2O/c1-3-8-15(12-17)16(19)18(11-4-2)13-14-9-6-5-7-10-14/h5-7,9-10,15H,3-4,8,11-13,17H2,1-2H3. The second-order valence-electron chi connectivity index (χ2n) is 4.97. The second kappa shape index (κ2) is 8.70. The number of hydrogen-bond acceptors (Lipinski definition) is 2. The Balaban J connectivity index is 2.73. The van der Waals surface area contributed by atoms with Crippen LogP contribution in [0.1, 0.15) is 38.7 Å². The van der Waals surface area contributed by atoms with Crippen molar-refractivity contribution >= 4 is 5.91 Å². The predicted molar refractivity (Wildman–Crippen MR) is 79.6 cm³/mol. The first-order valence-electron chi connectivity index (χ1n) is 7.25. The Morgan fingerprint density at radius 2 is 1.89 bits per heavy atom. The van der Waals surface area contributed by atoms with E-state index in [4.69, 9.17) is 5.73 Å². The Morgan fingerprint density at radius 1 is 1.21 bits per heavy atom. The lowest BCUT2D eigenvalue weighted by molar-refractivity contribution is -0.136. The Morgan fingerprint density at radius 3 is 2.42 bits per heavy atom. The number of amides is 1. The molecule has 0 aliphatic carbocycles. The summed E-state index contributed by atoms with van der Waals surface area (Å²) in [6, 6.07) is 10.1. The van der Waals surface area contributed by atoms with Gasteiger partial charge in [0.05, 0.1) is 5.92 Å². The summed E-state index contributed by atoms with van der Waals surface area (Å²) in [5.41, 5.74) is 6.92. The van der Waals surface area contributed by atoms with E-state index in [1.807, 2.05) is 23.1 Å². The molecule has 0 heterocycles. The summed E-state index contributed by atoms with van der Waals surface area (Å²) in [5, 5.41) is 0. The van der Waals surface area contributed by atoms with Crippen LogP contribution in [0, 0.1) is 5.92 Å². The molecule has 0 saturated carbocycles. The average Bonchev–Trinajstić information content (AvgIpc) is 2.44. The summed E-state index contributed by atoms with van der Waals surface area (Å²) in [6.45, 7) is 6.13. The number of rotatable bonds is 8. The Bertz CT molecular complexity index is 364. The summed E-state index contributed by atoms with van der Waals surface area (Å²) in [7, 11) is 0. The highest BCUT2D eigenvalue weighted by Gasteiger charge is 2.21. The van der Waals surface area contributed by atoms with E-state index >= 15 is 0 Å². The van der Waals surface area contributed by atoms with Gasteiger partial charge in [0.15, 0.2) is 0 Å². The van der Waals surface area contributed by atoms with Crippen LogP contribution in [0.3, 0.4) is 0 Å². The fraction of sp³-hybridized carbons (Fsp3) is 0.562. The number of nitrogens with two attached hydrogens (primary N) is 1. The highest BCUT2D eigenvalue weighted by Crippen LogP contribution is 2.13. The van der Waals surface area contributed by atoms with Gasteiger partial charge in [-0.15, -0.1) is 0 Å². The van der Waals surface area contributed by atoms with Gasteiger partial charge in [-0.2, -0.15) is 0 Å². The summed E-state index contributed by atoms with van der Waals surface area (Å²) in [6.07, 6.45) is 2.85. The van der Waals surface area contributed by atoms with E-state index < -0.39 is 0 Å². The lowest BCUT2D eigenvalue weighted by Crippen LogP contribution is -2.39. The molecule has 106 valence electrons. The number of carbonyl (C=O) groups excluding carboxylic acids is 1. The molecule has 1 amide bonds. The van der Waals surface area contributed by atoms with Crippen molar-refractivity contribution in [3.63, 3.8) is 0 Å². The van der Waals surface area contributed by atoms with Crippen LogP contribution >= 0.6 is 0 Å². The lowest BCUT2D eigenvalue weighted by Gasteiger charge is -2.26. The molecule has 1 aromatic rings. The van der Waals surface area contributed by atoms with Crippen LogP contribution in [0.4, 0.5) is 0 Å². The molecule has 0 aliphatic rings. The fourth-order valence-corrected chi connectivity index (χ4v) is 2.29. The average molecular weight is 262 g/mol. The van der Waals surface area contributed by atoms with E-state index in [-0.39, 0.29) is 11.8 Å². The van der Waals surface area contributed by atoms with E-state index in [2.05, 4.69) is 26.0 Å². The zero-order valence-electron chi connectivity index (χ0n) is 12.1. The first-order chi connectivity index (χ1) is 9.22. The van der Waals surface area contributed by atoms with Gasteiger partial charge in [0.1, 0.15) is 0 Å². The Kier molecular flexibility index (Phi) is 7.19. The molecule has 1 aromatic carbocycles. The van der Waals surface area contributed by atoms with Crippen molar-refractivity contribution in [3.05, 3.63) is 35.9 Å². The highest BCUT2D eigenvalue weighted by atomic mass is 16.2. The summed E-state index contributed by atoms with van der Waals surface area (Å²) in [5.74, 6) is 0.176. The molecule has 3 nitrogen and oxygen atoms in total. The molecular weight excluding hydrogens is 236 g/mol.